The molecule has 0 amide bonds. The highest BCUT2D eigenvalue weighted by Crippen LogP contribution is 2.34. The van der Waals surface area contributed by atoms with Gasteiger partial charge in [0.25, 0.3) is 15.8 Å². The van der Waals surface area contributed by atoms with E-state index in [2.05, 4.69) is 6.92 Å². The molecule has 2 aromatic rings. The van der Waals surface area contributed by atoms with Crippen molar-refractivity contribution < 1.29 is 17.5 Å². The Morgan fingerprint density at radius 3 is 1.83 bits per heavy atom. The van der Waals surface area contributed by atoms with Gasteiger partial charge in [0.2, 0.25) is 0 Å². The molecule has 0 heterocycles. The number of benzene rings is 2. The Labute approximate surface area is 249 Å². The molecule has 2 unspecified atom stereocenters. The number of nitrogens with zero attached hydrogens (tertiary/aromatic N) is 1. The number of non-ortho nitro benzene ring substituents is 1. The summed E-state index contributed by atoms with van der Waals surface area (Å²) in [7, 11) is -4.20. The summed E-state index contributed by atoms with van der Waals surface area (Å²) in [4.78, 5) is 10.4. The number of nitro benzene ring substituents is 1. The van der Waals surface area contributed by atoms with Crippen molar-refractivity contribution in [2.24, 2.45) is 5.92 Å². The second-order valence-corrected chi connectivity index (χ2v) is 13.1. The lowest BCUT2D eigenvalue weighted by atomic mass is 9.82. The van der Waals surface area contributed by atoms with Gasteiger partial charge in [0.05, 0.1) is 10.5 Å². The zero-order chi connectivity index (χ0) is 29.3. The van der Waals surface area contributed by atoms with Crippen molar-refractivity contribution in [3.8, 4) is 0 Å². The highest BCUT2D eigenvalue weighted by molar-refractivity contribution is 7.86. The molecule has 8 heteroatoms. The highest BCUT2D eigenvalue weighted by atomic mass is 32.2. The van der Waals surface area contributed by atoms with Gasteiger partial charge in [0, 0.05) is 18.6 Å². The number of rotatable bonds is 22. The zero-order valence-electron chi connectivity index (χ0n) is 26.0. The molecule has 7 nitrogen and oxygen atoms in total. The molecular formula is C33H55N2O5S+. The van der Waals surface area contributed by atoms with E-state index in [0.717, 1.165) is 30.9 Å². The molecule has 0 aliphatic carbocycles. The van der Waals surface area contributed by atoms with Crippen LogP contribution >= 0.6 is 0 Å². The van der Waals surface area contributed by atoms with E-state index < -0.39 is 20.6 Å². The quantitative estimate of drug-likeness (QED) is 0.0631. The summed E-state index contributed by atoms with van der Waals surface area (Å²) < 4.78 is 32.5. The number of nitro groups is 1. The third kappa shape index (κ3) is 14.0. The number of quaternary nitrogens is 1. The Balaban J connectivity index is 0.00000840. The number of unbranched alkanes of at least 4 members (excludes halogenated alkanes) is 13. The fourth-order valence-electron chi connectivity index (χ4n) is 5.29. The zero-order valence-corrected chi connectivity index (χ0v) is 26.8. The van der Waals surface area contributed by atoms with E-state index in [0.29, 0.717) is 6.42 Å². The van der Waals surface area contributed by atoms with Gasteiger partial charge < -0.3 is 6.15 Å². The lowest BCUT2D eigenvalue weighted by Crippen LogP contribution is -2.40. The standard InChI is InChI=1S/C33H51NO5S.H3N/c1-4-5-6-7-8-9-10-11-12-13-14-15-16-18-22-29(2)33(3,28-30-23-19-17-20-24-30)39-40(37,38)32-26-21-25-31(27-32)34(35)36;/h17,19-21,23-27,29H,4-16,18,22,28H2,1-3H3;1H3/p+1. The molecule has 0 aliphatic rings. The molecule has 4 N–H and O–H groups in total. The van der Waals surface area contributed by atoms with E-state index >= 15 is 0 Å². The minimum absolute atomic E-state index is 0. The lowest BCUT2D eigenvalue weighted by molar-refractivity contribution is -0.385. The van der Waals surface area contributed by atoms with Crippen LogP contribution in [0.3, 0.4) is 0 Å². The molecule has 0 radical (unpaired) electrons. The summed E-state index contributed by atoms with van der Waals surface area (Å²) in [6.45, 7) is 6.16. The molecule has 0 spiro atoms. The summed E-state index contributed by atoms with van der Waals surface area (Å²) in [6.07, 6.45) is 19.4. The molecule has 0 saturated carbocycles. The monoisotopic (exact) mass is 591 g/mol. The first-order chi connectivity index (χ1) is 19.2. The Hall–Kier alpha value is -2.29. The molecule has 0 saturated heterocycles. The van der Waals surface area contributed by atoms with Gasteiger partial charge in [-0.15, -0.1) is 0 Å². The molecule has 0 bridgehead atoms. The molecule has 2 atom stereocenters. The van der Waals surface area contributed by atoms with Gasteiger partial charge in [-0.3, -0.25) is 14.3 Å². The van der Waals surface area contributed by atoms with Crippen LogP contribution in [0.2, 0.25) is 0 Å². The van der Waals surface area contributed by atoms with Gasteiger partial charge in [0.15, 0.2) is 0 Å². The van der Waals surface area contributed by atoms with E-state index in [-0.39, 0.29) is 22.7 Å². The average Bonchev–Trinajstić information content (AvgIpc) is 2.93. The fourth-order valence-corrected chi connectivity index (χ4v) is 6.62. The minimum Gasteiger partial charge on any atom is -0.369 e. The van der Waals surface area contributed by atoms with Crippen molar-refractivity contribution in [2.45, 2.75) is 134 Å². The lowest BCUT2D eigenvalue weighted by Gasteiger charge is -2.35. The van der Waals surface area contributed by atoms with Crippen LogP contribution in [-0.2, 0) is 20.7 Å². The van der Waals surface area contributed by atoms with Crippen LogP contribution in [0.25, 0.3) is 0 Å². The first-order valence-electron chi connectivity index (χ1n) is 15.4. The minimum atomic E-state index is -4.20. The van der Waals surface area contributed by atoms with Gasteiger partial charge >= 0.3 is 0 Å². The first kappa shape index (κ1) is 36.7. The van der Waals surface area contributed by atoms with Crippen LogP contribution in [0.15, 0.2) is 59.5 Å². The van der Waals surface area contributed by atoms with E-state index in [1.807, 2.05) is 44.2 Å². The van der Waals surface area contributed by atoms with Crippen LogP contribution in [-0.4, -0.2) is 18.9 Å². The number of hydrogen-bond acceptors (Lipinski definition) is 5. The Morgan fingerprint density at radius 2 is 1.32 bits per heavy atom. The van der Waals surface area contributed by atoms with Crippen molar-refractivity contribution in [3.05, 3.63) is 70.3 Å². The third-order valence-corrected chi connectivity index (χ3v) is 9.48. The van der Waals surface area contributed by atoms with Crippen LogP contribution in [0.4, 0.5) is 5.69 Å². The highest BCUT2D eigenvalue weighted by Gasteiger charge is 2.38. The van der Waals surface area contributed by atoms with Crippen LogP contribution in [0, 0.1) is 16.0 Å². The SMILES string of the molecule is CCCCCCCCCCCCCCCCC(C)C(C)(Cc1ccccc1)OS(=O)(=O)c1cccc([N+](=O)[O-])c1.[NH4+]. The van der Waals surface area contributed by atoms with E-state index in [1.54, 1.807) is 0 Å². The number of hydrogen-bond donors (Lipinski definition) is 1. The smallest absolute Gasteiger partial charge is 0.297 e. The van der Waals surface area contributed by atoms with Crippen molar-refractivity contribution in [3.63, 3.8) is 0 Å². The van der Waals surface area contributed by atoms with Crippen molar-refractivity contribution in [2.75, 3.05) is 0 Å². The molecule has 0 aliphatic heterocycles. The topological polar surface area (TPSA) is 123 Å². The Morgan fingerprint density at radius 1 is 0.805 bits per heavy atom. The summed E-state index contributed by atoms with van der Waals surface area (Å²) in [5.74, 6) is -0.0292. The maximum Gasteiger partial charge on any atom is 0.297 e. The summed E-state index contributed by atoms with van der Waals surface area (Å²) >= 11 is 0. The van der Waals surface area contributed by atoms with E-state index in [1.165, 1.54) is 95.2 Å². The third-order valence-electron chi connectivity index (χ3n) is 8.05. The Bertz CT molecular complexity index is 1090. The maximum absolute atomic E-state index is 13.3. The van der Waals surface area contributed by atoms with Crippen LogP contribution in [0.5, 0.6) is 0 Å². The first-order valence-corrected chi connectivity index (χ1v) is 16.8. The van der Waals surface area contributed by atoms with Gasteiger partial charge in [-0.25, -0.2) is 0 Å². The van der Waals surface area contributed by atoms with E-state index in [4.69, 9.17) is 4.18 Å². The van der Waals surface area contributed by atoms with Crippen molar-refractivity contribution in [1.82, 2.24) is 6.15 Å². The second kappa shape index (κ2) is 19.8. The molecule has 0 aromatic heterocycles. The van der Waals surface area contributed by atoms with E-state index in [9.17, 15) is 18.5 Å². The van der Waals surface area contributed by atoms with Gasteiger partial charge in [-0.1, -0.05) is 140 Å². The van der Waals surface area contributed by atoms with Crippen LogP contribution < -0.4 is 6.15 Å². The van der Waals surface area contributed by atoms with Crippen LogP contribution in [0.1, 0.15) is 123 Å². The van der Waals surface area contributed by atoms with Crippen molar-refractivity contribution >= 4 is 15.8 Å². The maximum atomic E-state index is 13.3. The normalized spacial score (nSPS) is 13.7. The van der Waals surface area contributed by atoms with Gasteiger partial charge in [0.1, 0.15) is 4.90 Å². The second-order valence-electron chi connectivity index (χ2n) is 11.6. The molecule has 2 rings (SSSR count). The fraction of sp³-hybridized carbons (Fsp3) is 0.636. The summed E-state index contributed by atoms with van der Waals surface area (Å²) in [6, 6.07) is 14.8. The molecule has 0 fully saturated rings. The summed E-state index contributed by atoms with van der Waals surface area (Å²) in [5, 5.41) is 11.2. The van der Waals surface area contributed by atoms with Gasteiger partial charge in [-0.05, 0) is 30.9 Å². The average molecular weight is 592 g/mol. The Kier molecular flexibility index (Phi) is 17.7. The molecule has 232 valence electrons. The predicted octanol–water partition coefficient (Wildman–Crippen LogP) is 10.2. The molecule has 41 heavy (non-hydrogen) atoms. The van der Waals surface area contributed by atoms with Gasteiger partial charge in [-0.2, -0.15) is 8.42 Å². The largest absolute Gasteiger partial charge is 0.369 e. The summed E-state index contributed by atoms with van der Waals surface area (Å²) in [5.41, 5.74) is -0.265. The molecule has 2 aromatic carbocycles. The predicted molar refractivity (Wildman–Crippen MR) is 170 cm³/mol. The molecular weight excluding hydrogens is 536 g/mol. The van der Waals surface area contributed by atoms with Crippen molar-refractivity contribution in [1.29, 1.82) is 0 Å².